The van der Waals surface area contributed by atoms with Gasteiger partial charge in [-0.05, 0) is 48.6 Å². The highest BCUT2D eigenvalue weighted by atomic mass is 16.6. The molecular formula is C32H42N4O7. The van der Waals surface area contributed by atoms with Crippen molar-refractivity contribution in [1.82, 2.24) is 10.2 Å². The number of amidine groups is 1. The van der Waals surface area contributed by atoms with Crippen LogP contribution in [-0.4, -0.2) is 88.6 Å². The smallest absolute Gasteiger partial charge is 0.331 e. The number of carbonyl (C=O) groups is 3. The van der Waals surface area contributed by atoms with E-state index in [9.17, 15) is 14.4 Å². The maximum absolute atomic E-state index is 13.8. The molecule has 2 aromatic rings. The SMILES string of the molecule is CCOc1cc2c(cc1C(=O)NC)C(=N)N(CC(=O)c1cc(N3CCC(OCC(=O)OC)C3)c(OC)c(C(C)(C)C)c1)C2. The minimum absolute atomic E-state index is 0.00694. The van der Waals surface area contributed by atoms with Crippen LogP contribution >= 0.6 is 0 Å². The highest BCUT2D eigenvalue weighted by Gasteiger charge is 2.33. The van der Waals surface area contributed by atoms with Gasteiger partial charge in [-0.25, -0.2) is 4.79 Å². The van der Waals surface area contributed by atoms with E-state index in [0.717, 1.165) is 16.8 Å². The van der Waals surface area contributed by atoms with Gasteiger partial charge >= 0.3 is 5.97 Å². The average Bonchev–Trinajstić information content (AvgIpc) is 3.58. The number of nitrogens with zero attached hydrogens (tertiary/aromatic N) is 2. The van der Waals surface area contributed by atoms with Gasteiger partial charge < -0.3 is 34.1 Å². The number of hydrogen-bond acceptors (Lipinski definition) is 9. The number of methoxy groups -OCH3 is 2. The summed E-state index contributed by atoms with van der Waals surface area (Å²) in [6.45, 7) is 9.90. The topological polar surface area (TPSA) is 130 Å². The van der Waals surface area contributed by atoms with Crippen LogP contribution in [0.25, 0.3) is 0 Å². The summed E-state index contributed by atoms with van der Waals surface area (Å²) in [5.41, 5.74) is 3.68. The molecule has 4 rings (SSSR count). The molecule has 2 aliphatic heterocycles. The van der Waals surface area contributed by atoms with Gasteiger partial charge in [0.2, 0.25) is 0 Å². The molecule has 0 spiro atoms. The number of Topliss-reactive ketones (excluding diaryl/α,β-unsaturated/α-hetero) is 1. The largest absolute Gasteiger partial charge is 0.494 e. The summed E-state index contributed by atoms with van der Waals surface area (Å²) in [6, 6.07) is 7.19. The molecule has 1 fully saturated rings. The third kappa shape index (κ3) is 6.77. The van der Waals surface area contributed by atoms with Gasteiger partial charge in [0.1, 0.15) is 23.9 Å². The number of carbonyl (C=O) groups excluding carboxylic acids is 3. The molecule has 0 aromatic heterocycles. The van der Waals surface area contributed by atoms with Crippen molar-refractivity contribution in [2.45, 2.75) is 52.2 Å². The molecule has 0 aliphatic carbocycles. The number of esters is 1. The molecule has 0 bridgehead atoms. The van der Waals surface area contributed by atoms with Crippen LogP contribution in [-0.2, 0) is 26.2 Å². The molecule has 1 unspecified atom stereocenters. The zero-order chi connectivity index (χ0) is 31.5. The quantitative estimate of drug-likeness (QED) is 0.296. The van der Waals surface area contributed by atoms with E-state index < -0.39 is 5.97 Å². The molecule has 1 atom stereocenters. The number of anilines is 1. The monoisotopic (exact) mass is 594 g/mol. The van der Waals surface area contributed by atoms with Crippen molar-refractivity contribution in [3.05, 3.63) is 52.1 Å². The summed E-state index contributed by atoms with van der Waals surface area (Å²) in [6.07, 6.45) is 0.555. The Kier molecular flexibility index (Phi) is 9.64. The Morgan fingerprint density at radius 2 is 1.86 bits per heavy atom. The summed E-state index contributed by atoms with van der Waals surface area (Å²) in [5, 5.41) is 11.5. The Hall–Kier alpha value is -4.12. The molecule has 11 heteroatoms. The molecule has 2 heterocycles. The minimum Gasteiger partial charge on any atom is -0.494 e. The zero-order valence-corrected chi connectivity index (χ0v) is 26.1. The highest BCUT2D eigenvalue weighted by molar-refractivity contribution is 6.08. The lowest BCUT2D eigenvalue weighted by Gasteiger charge is -2.29. The Bertz CT molecular complexity index is 1420. The number of hydrogen-bond donors (Lipinski definition) is 2. The second-order valence-electron chi connectivity index (χ2n) is 11.7. The second kappa shape index (κ2) is 13.0. The van der Waals surface area contributed by atoms with E-state index in [1.807, 2.05) is 19.1 Å². The third-order valence-electron chi connectivity index (χ3n) is 7.80. The van der Waals surface area contributed by atoms with Gasteiger partial charge in [-0.3, -0.25) is 15.0 Å². The van der Waals surface area contributed by atoms with Crippen molar-refractivity contribution in [3.63, 3.8) is 0 Å². The second-order valence-corrected chi connectivity index (χ2v) is 11.7. The van der Waals surface area contributed by atoms with E-state index in [0.29, 0.717) is 60.9 Å². The average molecular weight is 595 g/mol. The van der Waals surface area contributed by atoms with Gasteiger partial charge in [-0.15, -0.1) is 0 Å². The van der Waals surface area contributed by atoms with Crippen LogP contribution in [0.3, 0.4) is 0 Å². The molecule has 43 heavy (non-hydrogen) atoms. The van der Waals surface area contributed by atoms with Crippen LogP contribution in [0.15, 0.2) is 24.3 Å². The molecule has 2 N–H and O–H groups in total. The van der Waals surface area contributed by atoms with Crippen LogP contribution < -0.4 is 19.7 Å². The number of ketones is 1. The van der Waals surface area contributed by atoms with Crippen LogP contribution in [0.2, 0.25) is 0 Å². The van der Waals surface area contributed by atoms with E-state index >= 15 is 0 Å². The predicted molar refractivity (Wildman–Crippen MR) is 163 cm³/mol. The zero-order valence-electron chi connectivity index (χ0n) is 26.1. The van der Waals surface area contributed by atoms with Crippen LogP contribution in [0.1, 0.15) is 71.5 Å². The molecule has 2 aromatic carbocycles. The Morgan fingerprint density at radius 1 is 1.12 bits per heavy atom. The Balaban J connectivity index is 1.61. The molecule has 0 radical (unpaired) electrons. The number of fused-ring (bicyclic) bond motifs is 1. The Labute approximate surface area is 252 Å². The Morgan fingerprint density at radius 3 is 2.49 bits per heavy atom. The predicted octanol–water partition coefficient (Wildman–Crippen LogP) is 3.54. The van der Waals surface area contributed by atoms with Gasteiger partial charge in [-0.2, -0.15) is 0 Å². The van der Waals surface area contributed by atoms with Crippen molar-refractivity contribution < 1.29 is 33.3 Å². The van der Waals surface area contributed by atoms with E-state index in [2.05, 4.69) is 31.0 Å². The van der Waals surface area contributed by atoms with E-state index in [1.54, 1.807) is 31.2 Å². The fourth-order valence-corrected chi connectivity index (χ4v) is 5.52. The van der Waals surface area contributed by atoms with Crippen LogP contribution in [0, 0.1) is 5.41 Å². The first-order chi connectivity index (χ1) is 20.4. The molecule has 0 saturated carbocycles. The molecule has 232 valence electrons. The van der Waals surface area contributed by atoms with Gasteiger partial charge in [-0.1, -0.05) is 20.8 Å². The first kappa shape index (κ1) is 31.8. The lowest BCUT2D eigenvalue weighted by Crippen LogP contribution is -2.31. The van der Waals surface area contributed by atoms with Crippen LogP contribution in [0.4, 0.5) is 5.69 Å². The van der Waals surface area contributed by atoms with E-state index in [-0.39, 0.29) is 42.2 Å². The third-order valence-corrected chi connectivity index (χ3v) is 7.80. The first-order valence-electron chi connectivity index (χ1n) is 14.5. The standard InChI is InChI=1S/C32H42N4O7/c1-8-42-27-13-20-15-36(30(33)22(20)14-23(27)31(39)34-5)17-26(37)19-11-24(32(2,3)4)29(41-7)25(12-19)35-10-9-21(16-35)43-18-28(38)40-6/h11-14,21,33H,8-10,15-18H2,1-7H3,(H,34,39). The first-order valence-corrected chi connectivity index (χ1v) is 14.5. The molecular weight excluding hydrogens is 552 g/mol. The number of nitrogens with one attached hydrogen (secondary N) is 2. The summed E-state index contributed by atoms with van der Waals surface area (Å²) >= 11 is 0. The fraction of sp³-hybridized carbons (Fsp3) is 0.500. The van der Waals surface area contributed by atoms with Gasteiger partial charge in [0.05, 0.1) is 44.7 Å². The summed E-state index contributed by atoms with van der Waals surface area (Å²) in [4.78, 5) is 41.8. The summed E-state index contributed by atoms with van der Waals surface area (Å²) in [5.74, 6) is 0.480. The van der Waals surface area contributed by atoms with Gasteiger partial charge in [0, 0.05) is 43.4 Å². The molecule has 1 amide bonds. The van der Waals surface area contributed by atoms with Crippen molar-refractivity contribution in [1.29, 1.82) is 5.41 Å². The van der Waals surface area contributed by atoms with Gasteiger partial charge in [0.25, 0.3) is 5.91 Å². The highest BCUT2D eigenvalue weighted by Crippen LogP contribution is 2.41. The van der Waals surface area contributed by atoms with Crippen molar-refractivity contribution in [2.24, 2.45) is 0 Å². The molecule has 1 saturated heterocycles. The van der Waals surface area contributed by atoms with Crippen molar-refractivity contribution in [3.8, 4) is 11.5 Å². The van der Waals surface area contributed by atoms with Crippen molar-refractivity contribution >= 4 is 29.2 Å². The number of benzene rings is 2. The van der Waals surface area contributed by atoms with Crippen molar-refractivity contribution in [2.75, 3.05) is 59.0 Å². The lowest BCUT2D eigenvalue weighted by molar-refractivity contribution is -0.147. The fourth-order valence-electron chi connectivity index (χ4n) is 5.52. The number of ether oxygens (including phenoxy) is 4. The summed E-state index contributed by atoms with van der Waals surface area (Å²) in [7, 11) is 4.51. The molecule has 11 nitrogen and oxygen atoms in total. The van der Waals surface area contributed by atoms with E-state index in [1.165, 1.54) is 7.11 Å². The van der Waals surface area contributed by atoms with Gasteiger partial charge in [0.15, 0.2) is 5.78 Å². The normalized spacial score (nSPS) is 16.3. The maximum atomic E-state index is 13.8. The lowest BCUT2D eigenvalue weighted by atomic mass is 9.84. The number of amides is 1. The van der Waals surface area contributed by atoms with E-state index in [4.69, 9.17) is 24.4 Å². The minimum atomic E-state index is -0.424. The van der Waals surface area contributed by atoms with Crippen LogP contribution in [0.5, 0.6) is 11.5 Å². The number of rotatable bonds is 11. The summed E-state index contributed by atoms with van der Waals surface area (Å²) < 4.78 is 22.1. The maximum Gasteiger partial charge on any atom is 0.331 e. The molecule has 2 aliphatic rings.